The third-order valence-corrected chi connectivity index (χ3v) is 0. The second-order valence-electron chi connectivity index (χ2n) is 1.50. The van der Waals surface area contributed by atoms with Gasteiger partial charge in [0, 0.05) is 1500 Å². The standard InChI is InChI=1S/C5H8.4C2H6.7CH3.46Y/c1-5(2,3)4;4*1-2;;;;;;;;;;;;;;;;;;;;;;;;;;;;;;;;;;;;;;;;;;;;;;;;;;;;;/h1-4H2;4*1-2H3;7*1H3;;;;;;;;;;;;;;;;;;;;;;;;;;;;;;;;;;;;;;;;;;;;;;/q-4;;;;;7*-1;;;;;;;;;;;;;;;;;;;;;;;;;;;;;;;;;;;;;;;;;;;;;;. The first-order valence-electron chi connectivity index (χ1n) is 5.41. The van der Waals surface area contributed by atoms with Crippen LogP contribution in [0.1, 0.15) is 55.4 Å². The van der Waals surface area contributed by atoms with Crippen molar-refractivity contribution in [3.05, 3.63) is 79.7 Å². The molecule has 46 heteroatoms. The van der Waals surface area contributed by atoms with Crippen molar-refractivity contribution in [3.8, 4) is 0 Å². The molecule has 0 aliphatic carbocycles. The average molecular weight is 4380 g/mol. The van der Waals surface area contributed by atoms with Crippen molar-refractivity contribution in [1.29, 1.82) is 0 Å². The summed E-state index contributed by atoms with van der Waals surface area (Å²) in [4.78, 5) is 0. The molecule has 0 aromatic heterocycles. The molecule has 0 aromatic rings. The Morgan fingerprint density at radius 3 is 0.121 bits per heavy atom. The summed E-state index contributed by atoms with van der Waals surface area (Å²) in [6.45, 7) is 29.8. The molecule has 0 aliphatic rings. The zero-order valence-electron chi connectivity index (χ0n) is 44.9. The van der Waals surface area contributed by atoms with Crippen LogP contribution in [0.15, 0.2) is 0 Å². The van der Waals surface area contributed by atoms with E-state index >= 15 is 0 Å². The first-order valence-corrected chi connectivity index (χ1v) is 5.41. The third kappa shape index (κ3) is 576. The van der Waals surface area contributed by atoms with E-state index in [4.69, 9.17) is 0 Å². The minimum Gasteiger partial charge on any atom is -0.584 e. The van der Waals surface area contributed by atoms with Gasteiger partial charge in [0.25, 0.3) is 0 Å². The van der Waals surface area contributed by atoms with Crippen LogP contribution in [0, 0.1) is 85.1 Å². The molecule has 0 saturated carbocycles. The van der Waals surface area contributed by atoms with Crippen molar-refractivity contribution < 1.29 is 1500 Å². The van der Waals surface area contributed by atoms with Crippen molar-refractivity contribution in [1.82, 2.24) is 0 Å². The van der Waals surface area contributed by atoms with Gasteiger partial charge in [0.2, 0.25) is 0 Å². The molecule has 0 saturated heterocycles. The quantitative estimate of drug-likeness (QED) is 0.214. The summed E-state index contributed by atoms with van der Waals surface area (Å²) >= 11 is 0. The molecule has 0 N–H and O–H groups in total. The van der Waals surface area contributed by atoms with Gasteiger partial charge in [0.1, 0.15) is 0 Å². The average Bonchev–Trinajstić information content (AvgIpc) is 2.14. The Morgan fingerprint density at radius 2 is 0.121 bits per heavy atom. The minimum atomic E-state index is -0.500. The fraction of sp³-hybridized carbons (Fsp3) is 0.450. The van der Waals surface area contributed by atoms with E-state index in [2.05, 4.69) is 27.7 Å². The zero-order chi connectivity index (χ0) is 12.5. The molecule has 66 heavy (non-hydrogen) atoms. The molecule has 0 bridgehead atoms. The summed E-state index contributed by atoms with van der Waals surface area (Å²) in [5.74, 6) is 0. The maximum absolute atomic E-state index is 3.44. The van der Waals surface area contributed by atoms with Crippen molar-refractivity contribution >= 4 is 0 Å². The maximum Gasteiger partial charge on any atom is 0 e. The normalized spacial score (nSPS) is 1.27. The summed E-state index contributed by atoms with van der Waals surface area (Å²) in [5, 5.41) is 0. The Balaban J connectivity index is -0.000000000183. The third-order valence-electron chi connectivity index (χ3n) is 0. The SMILES string of the molecule is CC.CC.CC.CC.[CH2-]C([CH2-])([CH2-])[CH2-].[CH3-].[CH3-].[CH3-].[CH3-].[CH3-].[CH3-].[CH3-].[Y].[Y].[Y].[Y].[Y].[Y].[Y].[Y].[Y].[Y].[Y].[Y].[Y].[Y].[Y].[Y].[Y].[Y].[Y].[Y].[Y].[Y].[Y].[Y].[Y].[Y].[Y].[Y].[Y].[Y].[Y].[Y].[Y].[Y].[Y].[Y].[Y].[Y].[Y].[Y].[Y].[Y].[Y].[Y].[Y].[Y]. The Bertz CT molecular complexity index is 73.9. The van der Waals surface area contributed by atoms with Crippen LogP contribution in [-0.4, -0.2) is 0 Å². The van der Waals surface area contributed by atoms with Crippen molar-refractivity contribution in [3.63, 3.8) is 0 Å². The summed E-state index contributed by atoms with van der Waals surface area (Å²) in [7, 11) is 0. The van der Waals surface area contributed by atoms with E-state index in [9.17, 15) is 0 Å². The van der Waals surface area contributed by atoms with Crippen LogP contribution in [0.25, 0.3) is 0 Å². The van der Waals surface area contributed by atoms with Gasteiger partial charge in [-0.25, -0.2) is 0 Å². The van der Waals surface area contributed by atoms with Gasteiger partial charge in [0.15, 0.2) is 0 Å². The molecule has 0 spiro atoms. The van der Waals surface area contributed by atoms with E-state index in [-0.39, 0.29) is 1560 Å². The van der Waals surface area contributed by atoms with Gasteiger partial charge in [0.05, 0.1) is 0 Å². The molecule has 46 radical (unpaired) electrons. The number of rotatable bonds is 0. The molecule has 0 nitrogen and oxygen atoms in total. The van der Waals surface area contributed by atoms with E-state index < -0.39 is 5.41 Å². The van der Waals surface area contributed by atoms with E-state index in [1.807, 2.05) is 55.4 Å². The molecule has 0 unspecified atom stereocenters. The summed E-state index contributed by atoms with van der Waals surface area (Å²) in [5.41, 5.74) is -0.500. The topological polar surface area (TPSA) is 0 Å². The fourth-order valence-corrected chi connectivity index (χ4v) is 0. The second-order valence-corrected chi connectivity index (χ2v) is 1.50. The Labute approximate surface area is 1580 Å². The monoisotopic (exact) mass is 4380 g/mol. The molecule has 0 atom stereocenters. The molecular formula is C20H53Y46-11. The van der Waals surface area contributed by atoms with Crippen molar-refractivity contribution in [2.24, 2.45) is 5.41 Å². The molecule has 282 valence electrons. The van der Waals surface area contributed by atoms with Gasteiger partial charge in [-0.15, -0.1) is 0 Å². The number of hydrogen-bond donors (Lipinski definition) is 0. The van der Waals surface area contributed by atoms with E-state index in [1.54, 1.807) is 0 Å². The van der Waals surface area contributed by atoms with Crippen LogP contribution >= 0.6 is 0 Å². The summed E-state index contributed by atoms with van der Waals surface area (Å²) in [6, 6.07) is 0. The Hall–Kier alpha value is 50.8. The molecule has 0 aromatic carbocycles. The van der Waals surface area contributed by atoms with Gasteiger partial charge >= 0.3 is 0 Å². The molecule has 0 fully saturated rings. The van der Waals surface area contributed by atoms with Crippen molar-refractivity contribution in [2.75, 3.05) is 0 Å². The fourth-order valence-electron chi connectivity index (χ4n) is 0. The van der Waals surface area contributed by atoms with Gasteiger partial charge in [-0.2, -0.15) is 0 Å². The van der Waals surface area contributed by atoms with Gasteiger partial charge in [-0.1, -0.05) is 55.4 Å². The molecule has 0 heterocycles. The number of hydrogen-bond acceptors (Lipinski definition) is 0. The first-order chi connectivity index (χ1) is 6.00. The minimum absolute atomic E-state index is 0. The molecular weight excluding hydrogens is 4330 g/mol. The zero-order valence-corrected chi connectivity index (χ0v) is 175. The molecule has 0 rings (SSSR count). The Morgan fingerprint density at radius 1 is 0.121 bits per heavy atom. The van der Waals surface area contributed by atoms with Gasteiger partial charge in [-0.3, -0.25) is 0 Å². The summed E-state index contributed by atoms with van der Waals surface area (Å²) < 4.78 is 0. The summed E-state index contributed by atoms with van der Waals surface area (Å²) in [6.07, 6.45) is 0. The largest absolute Gasteiger partial charge is 0.584 e. The van der Waals surface area contributed by atoms with E-state index in [0.717, 1.165) is 0 Å². The predicted molar refractivity (Wildman–Crippen MR) is 114 cm³/mol. The van der Waals surface area contributed by atoms with Crippen LogP contribution in [0.2, 0.25) is 0 Å². The van der Waals surface area contributed by atoms with Gasteiger partial charge in [-0.05, 0) is 0 Å². The van der Waals surface area contributed by atoms with Crippen LogP contribution in [0.5, 0.6) is 0 Å². The van der Waals surface area contributed by atoms with Gasteiger partial charge < -0.3 is 85.1 Å². The van der Waals surface area contributed by atoms with Crippen LogP contribution in [-0.2, 0) is 1500 Å². The van der Waals surface area contributed by atoms with E-state index in [1.165, 1.54) is 0 Å². The Kier molecular flexibility index (Phi) is 3250. The maximum atomic E-state index is 3.44. The second kappa shape index (κ2) is 473. The van der Waals surface area contributed by atoms with Crippen molar-refractivity contribution in [2.45, 2.75) is 55.4 Å². The van der Waals surface area contributed by atoms with Crippen LogP contribution < -0.4 is 0 Å². The predicted octanol–water partition coefficient (Wildman–Crippen LogP) is 8.45. The van der Waals surface area contributed by atoms with Crippen LogP contribution in [0.4, 0.5) is 0 Å². The molecule has 0 aliphatic heterocycles. The smallest absolute Gasteiger partial charge is 0 e. The van der Waals surface area contributed by atoms with E-state index in [0.29, 0.717) is 0 Å². The van der Waals surface area contributed by atoms with Crippen LogP contribution in [0.3, 0.4) is 0 Å². The molecule has 0 amide bonds. The first kappa shape index (κ1) is 453.